The van der Waals surface area contributed by atoms with Crippen molar-refractivity contribution < 1.29 is 19.1 Å². The quantitative estimate of drug-likeness (QED) is 0.867. The van der Waals surface area contributed by atoms with E-state index >= 15 is 0 Å². The maximum absolute atomic E-state index is 12.9. The van der Waals surface area contributed by atoms with Crippen LogP contribution >= 0.6 is 0 Å². The molecule has 152 valence electrons. The first-order valence-electron chi connectivity index (χ1n) is 10.5. The number of piperidine rings is 1. The van der Waals surface area contributed by atoms with Gasteiger partial charge in [-0.2, -0.15) is 0 Å². The van der Waals surface area contributed by atoms with Crippen LogP contribution in [0.25, 0.3) is 0 Å². The Balaban J connectivity index is 1.24. The van der Waals surface area contributed by atoms with Gasteiger partial charge in [-0.25, -0.2) is 0 Å². The average Bonchev–Trinajstić information content (AvgIpc) is 3.18. The molecule has 0 atom stereocenters. The number of anilines is 1. The number of aryl methyl sites for hydroxylation is 1. The highest BCUT2D eigenvalue weighted by Gasteiger charge is 2.42. The van der Waals surface area contributed by atoms with Gasteiger partial charge in [0, 0.05) is 43.5 Å². The molecule has 2 saturated heterocycles. The van der Waals surface area contributed by atoms with Gasteiger partial charge in [0.1, 0.15) is 0 Å². The molecule has 3 fully saturated rings. The summed E-state index contributed by atoms with van der Waals surface area (Å²) in [6.45, 7) is 4.74. The first-order chi connectivity index (χ1) is 13.5. The Morgan fingerprint density at radius 1 is 0.964 bits per heavy atom. The molecule has 0 bridgehead atoms. The third-order valence-electron chi connectivity index (χ3n) is 6.42. The van der Waals surface area contributed by atoms with Crippen LogP contribution in [0.15, 0.2) is 24.3 Å². The summed E-state index contributed by atoms with van der Waals surface area (Å²) in [6, 6.07) is 7.86. The molecule has 3 aliphatic rings. The molecule has 2 aliphatic heterocycles. The third kappa shape index (κ3) is 4.23. The van der Waals surface area contributed by atoms with Crippen LogP contribution in [0.2, 0.25) is 0 Å². The molecule has 2 amide bonds. The Kier molecular flexibility index (Phi) is 5.69. The maximum atomic E-state index is 12.9. The van der Waals surface area contributed by atoms with Crippen molar-refractivity contribution in [1.29, 1.82) is 0 Å². The van der Waals surface area contributed by atoms with Crippen LogP contribution in [0.4, 0.5) is 5.69 Å². The number of likely N-dealkylation sites (tertiary alicyclic amines) is 1. The summed E-state index contributed by atoms with van der Waals surface area (Å²) >= 11 is 0. The number of carbonyl (C=O) groups excluding carboxylic acids is 2. The highest BCUT2D eigenvalue weighted by molar-refractivity contribution is 5.92. The number of benzene rings is 1. The van der Waals surface area contributed by atoms with Gasteiger partial charge in [-0.3, -0.25) is 9.59 Å². The number of nitrogens with zero attached hydrogens (tertiary/aromatic N) is 1. The van der Waals surface area contributed by atoms with E-state index in [0.717, 1.165) is 44.2 Å². The van der Waals surface area contributed by atoms with Crippen molar-refractivity contribution in [3.8, 4) is 0 Å². The number of amides is 2. The van der Waals surface area contributed by atoms with E-state index in [0.29, 0.717) is 26.3 Å². The van der Waals surface area contributed by atoms with Crippen LogP contribution in [-0.4, -0.2) is 48.8 Å². The maximum Gasteiger partial charge on any atom is 0.227 e. The lowest BCUT2D eigenvalue weighted by molar-refractivity contribution is -0.188. The number of ether oxygens (including phenoxy) is 2. The molecular weight excluding hydrogens is 356 g/mol. The van der Waals surface area contributed by atoms with Gasteiger partial charge in [0.25, 0.3) is 0 Å². The van der Waals surface area contributed by atoms with Gasteiger partial charge in [0.2, 0.25) is 11.8 Å². The summed E-state index contributed by atoms with van der Waals surface area (Å²) in [5.41, 5.74) is 2.01. The van der Waals surface area contributed by atoms with Crippen molar-refractivity contribution in [2.24, 2.45) is 11.8 Å². The zero-order chi connectivity index (χ0) is 19.6. The van der Waals surface area contributed by atoms with E-state index in [1.165, 1.54) is 5.56 Å². The van der Waals surface area contributed by atoms with Crippen molar-refractivity contribution in [2.45, 2.75) is 51.2 Å². The topological polar surface area (TPSA) is 67.9 Å². The summed E-state index contributed by atoms with van der Waals surface area (Å²) in [5.74, 6) is -0.0868. The first kappa shape index (κ1) is 19.4. The Hall–Kier alpha value is -1.92. The van der Waals surface area contributed by atoms with Crippen LogP contribution in [0, 0.1) is 18.8 Å². The van der Waals surface area contributed by atoms with Crippen molar-refractivity contribution in [3.05, 3.63) is 29.8 Å². The predicted octanol–water partition coefficient (Wildman–Crippen LogP) is 3.11. The van der Waals surface area contributed by atoms with Gasteiger partial charge in [0.15, 0.2) is 5.79 Å². The van der Waals surface area contributed by atoms with E-state index in [-0.39, 0.29) is 23.7 Å². The molecule has 1 aromatic carbocycles. The van der Waals surface area contributed by atoms with Gasteiger partial charge in [-0.05, 0) is 44.7 Å². The molecule has 6 nitrogen and oxygen atoms in total. The molecule has 1 aliphatic carbocycles. The number of nitrogens with one attached hydrogen (secondary N) is 1. The molecule has 28 heavy (non-hydrogen) atoms. The predicted molar refractivity (Wildman–Crippen MR) is 106 cm³/mol. The summed E-state index contributed by atoms with van der Waals surface area (Å²) in [5, 5.41) is 3.01. The van der Waals surface area contributed by atoms with E-state index in [2.05, 4.69) is 5.32 Å². The van der Waals surface area contributed by atoms with Crippen molar-refractivity contribution in [1.82, 2.24) is 4.90 Å². The molecular formula is C22H30N2O4. The molecule has 0 unspecified atom stereocenters. The van der Waals surface area contributed by atoms with Crippen molar-refractivity contribution >= 4 is 17.5 Å². The summed E-state index contributed by atoms with van der Waals surface area (Å²) in [4.78, 5) is 27.4. The largest absolute Gasteiger partial charge is 0.347 e. The highest BCUT2D eigenvalue weighted by atomic mass is 16.7. The molecule has 0 radical (unpaired) electrons. The van der Waals surface area contributed by atoms with Crippen molar-refractivity contribution in [3.63, 3.8) is 0 Å². The third-order valence-corrected chi connectivity index (χ3v) is 6.42. The molecule has 1 N–H and O–H groups in total. The van der Waals surface area contributed by atoms with E-state index in [1.807, 2.05) is 36.1 Å². The van der Waals surface area contributed by atoms with Crippen LogP contribution in [0.5, 0.6) is 0 Å². The van der Waals surface area contributed by atoms with Gasteiger partial charge in [-0.1, -0.05) is 17.7 Å². The zero-order valence-electron chi connectivity index (χ0n) is 16.6. The van der Waals surface area contributed by atoms with Crippen LogP contribution < -0.4 is 5.32 Å². The Morgan fingerprint density at radius 3 is 2.14 bits per heavy atom. The Bertz CT molecular complexity index is 694. The highest BCUT2D eigenvalue weighted by Crippen LogP contribution is 2.35. The van der Waals surface area contributed by atoms with Crippen LogP contribution in [0.3, 0.4) is 0 Å². The van der Waals surface area contributed by atoms with E-state index < -0.39 is 5.79 Å². The number of rotatable bonds is 3. The lowest BCUT2D eigenvalue weighted by Crippen LogP contribution is -2.49. The minimum Gasteiger partial charge on any atom is -0.347 e. The standard InChI is InChI=1S/C22H30N2O4/c1-16-2-8-19(9-3-16)23-20(25)17-4-6-18(7-5-17)21(26)24-12-10-22(11-13-24)27-14-15-28-22/h2-3,8-9,17-18H,4-7,10-15H2,1H3,(H,23,25). The van der Waals surface area contributed by atoms with Crippen LogP contribution in [0.1, 0.15) is 44.1 Å². The Labute approximate surface area is 166 Å². The second-order valence-electron chi connectivity index (χ2n) is 8.34. The molecule has 0 aromatic heterocycles. The molecule has 4 rings (SSSR count). The summed E-state index contributed by atoms with van der Waals surface area (Å²) < 4.78 is 11.5. The van der Waals surface area contributed by atoms with E-state index in [4.69, 9.17) is 9.47 Å². The molecule has 1 aromatic rings. The minimum absolute atomic E-state index is 0.00438. The monoisotopic (exact) mass is 386 g/mol. The normalized spacial score (nSPS) is 27.0. The molecule has 1 spiro atoms. The Morgan fingerprint density at radius 2 is 1.54 bits per heavy atom. The number of hydrogen-bond acceptors (Lipinski definition) is 4. The molecule has 6 heteroatoms. The minimum atomic E-state index is -0.442. The van der Waals surface area contributed by atoms with Crippen LogP contribution in [-0.2, 0) is 19.1 Å². The van der Waals surface area contributed by atoms with E-state index in [1.54, 1.807) is 0 Å². The SMILES string of the molecule is Cc1ccc(NC(=O)C2CCC(C(=O)N3CCC4(CC3)OCCO4)CC2)cc1. The fraction of sp³-hybridized carbons (Fsp3) is 0.636. The van der Waals surface area contributed by atoms with Gasteiger partial charge in [-0.15, -0.1) is 0 Å². The van der Waals surface area contributed by atoms with Gasteiger partial charge in [0.05, 0.1) is 13.2 Å². The lowest BCUT2D eigenvalue weighted by Gasteiger charge is -2.39. The zero-order valence-corrected chi connectivity index (χ0v) is 16.6. The lowest BCUT2D eigenvalue weighted by atomic mass is 9.80. The first-order valence-corrected chi connectivity index (χ1v) is 10.5. The molecule has 1 saturated carbocycles. The molecule has 2 heterocycles. The summed E-state index contributed by atoms with van der Waals surface area (Å²) in [7, 11) is 0. The second kappa shape index (κ2) is 8.21. The number of carbonyl (C=O) groups is 2. The van der Waals surface area contributed by atoms with Gasteiger partial charge < -0.3 is 19.7 Å². The van der Waals surface area contributed by atoms with Crippen molar-refractivity contribution in [2.75, 3.05) is 31.6 Å². The fourth-order valence-electron chi connectivity index (χ4n) is 4.60. The fourth-order valence-corrected chi connectivity index (χ4v) is 4.60. The van der Waals surface area contributed by atoms with Gasteiger partial charge >= 0.3 is 0 Å². The smallest absolute Gasteiger partial charge is 0.227 e. The number of hydrogen-bond donors (Lipinski definition) is 1. The second-order valence-corrected chi connectivity index (χ2v) is 8.34. The van der Waals surface area contributed by atoms with E-state index in [9.17, 15) is 9.59 Å². The average molecular weight is 386 g/mol. The summed E-state index contributed by atoms with van der Waals surface area (Å²) in [6.07, 6.45) is 4.65.